The van der Waals surface area contributed by atoms with Gasteiger partial charge in [-0.3, -0.25) is 4.79 Å². The molecule has 0 unspecified atom stereocenters. The summed E-state index contributed by atoms with van der Waals surface area (Å²) in [5, 5.41) is 14.0. The van der Waals surface area contributed by atoms with Gasteiger partial charge in [0.05, 0.1) is 17.9 Å². The van der Waals surface area contributed by atoms with Crippen LogP contribution in [0.4, 0.5) is 0 Å². The highest BCUT2D eigenvalue weighted by molar-refractivity contribution is 6.32. The van der Waals surface area contributed by atoms with Crippen LogP contribution in [0.5, 0.6) is 5.75 Å². The zero-order valence-corrected chi connectivity index (χ0v) is 15.7. The number of carbonyl (C=O) groups excluding carboxylic acids is 1. The van der Waals surface area contributed by atoms with Crippen molar-refractivity contribution in [1.82, 2.24) is 5.32 Å². The van der Waals surface area contributed by atoms with Crippen LogP contribution in [0.2, 0.25) is 5.02 Å². The Kier molecular flexibility index (Phi) is 5.56. The third-order valence-electron chi connectivity index (χ3n) is 4.59. The van der Waals surface area contributed by atoms with Gasteiger partial charge in [-0.15, -0.1) is 0 Å². The van der Waals surface area contributed by atoms with Gasteiger partial charge in [-0.1, -0.05) is 23.7 Å². The molecule has 2 N–H and O–H groups in total. The Labute approximate surface area is 166 Å². The Hall–Kier alpha value is -2.10. The molecule has 2 aliphatic rings. The molecular formula is C19H20ClNO7. The summed E-state index contributed by atoms with van der Waals surface area (Å²) in [6, 6.07) is 9.45. The maximum absolute atomic E-state index is 11.7. The zero-order chi connectivity index (χ0) is 19.7. The zero-order valence-electron chi connectivity index (χ0n) is 15.0. The van der Waals surface area contributed by atoms with Crippen molar-refractivity contribution in [2.24, 2.45) is 0 Å². The number of benzene rings is 1. The lowest BCUT2D eigenvalue weighted by atomic mass is 9.96. The van der Waals surface area contributed by atoms with Gasteiger partial charge >= 0.3 is 0 Å². The van der Waals surface area contributed by atoms with E-state index in [9.17, 15) is 9.90 Å². The van der Waals surface area contributed by atoms with E-state index in [1.54, 1.807) is 36.4 Å². The number of furan rings is 1. The standard InChI is InChI=1S/C19H20ClNO7/c1-10(22)21-15-16(23)17-14(9-25-18(28-17)13-7-4-8-24-13)27-19(15)26-12-6-3-2-5-11(12)20/h2-8,14-19,23H,9H2,1H3,(H,21,22)/t14-,15+,16-,17+,18-,19-/m0/s1. The Bertz CT molecular complexity index is 814. The first-order valence-corrected chi connectivity index (χ1v) is 9.23. The fraction of sp³-hybridized carbons (Fsp3) is 0.421. The SMILES string of the molecule is CC(=O)N[C@H]1[C@@H](Oc2ccccc2Cl)O[C@H]2CO[C@H](c3ccco3)O[C@H]2[C@H]1O. The van der Waals surface area contributed by atoms with E-state index in [-0.39, 0.29) is 12.5 Å². The summed E-state index contributed by atoms with van der Waals surface area (Å²) >= 11 is 6.16. The Morgan fingerprint density at radius 3 is 2.79 bits per heavy atom. The first kappa shape index (κ1) is 19.2. The predicted octanol–water partition coefficient (Wildman–Crippen LogP) is 2.02. The maximum Gasteiger partial charge on any atom is 0.223 e. The molecule has 28 heavy (non-hydrogen) atoms. The van der Waals surface area contributed by atoms with E-state index in [4.69, 9.17) is 35.0 Å². The Morgan fingerprint density at radius 1 is 1.25 bits per heavy atom. The summed E-state index contributed by atoms with van der Waals surface area (Å²) in [6.07, 6.45) is -2.68. The number of aliphatic hydroxyl groups is 1. The Balaban J connectivity index is 1.55. The summed E-state index contributed by atoms with van der Waals surface area (Å²) < 4.78 is 28.6. The van der Waals surface area contributed by atoms with Gasteiger partial charge in [-0.2, -0.15) is 0 Å². The van der Waals surface area contributed by atoms with Crippen molar-refractivity contribution < 1.29 is 33.3 Å². The first-order chi connectivity index (χ1) is 13.5. The summed E-state index contributed by atoms with van der Waals surface area (Å²) in [7, 11) is 0. The minimum atomic E-state index is -1.10. The largest absolute Gasteiger partial charge is 0.464 e. The van der Waals surface area contributed by atoms with Gasteiger partial charge in [0.25, 0.3) is 0 Å². The number of halogens is 1. The number of rotatable bonds is 4. The van der Waals surface area contributed by atoms with E-state index in [0.29, 0.717) is 16.5 Å². The van der Waals surface area contributed by atoms with Crippen molar-refractivity contribution in [3.05, 3.63) is 53.4 Å². The van der Waals surface area contributed by atoms with Crippen LogP contribution < -0.4 is 10.1 Å². The molecule has 3 heterocycles. The van der Waals surface area contributed by atoms with E-state index in [1.165, 1.54) is 13.2 Å². The molecule has 0 aliphatic carbocycles. The van der Waals surface area contributed by atoms with Crippen LogP contribution in [-0.2, 0) is 19.0 Å². The highest BCUT2D eigenvalue weighted by Crippen LogP contribution is 2.35. The molecule has 0 bridgehead atoms. The van der Waals surface area contributed by atoms with Gasteiger partial charge < -0.3 is 33.8 Å². The molecule has 2 fully saturated rings. The molecule has 0 saturated carbocycles. The molecule has 1 aromatic carbocycles. The molecular weight excluding hydrogens is 390 g/mol. The number of aliphatic hydroxyl groups excluding tert-OH is 1. The number of amides is 1. The monoisotopic (exact) mass is 409 g/mol. The number of hydrogen-bond acceptors (Lipinski definition) is 7. The molecule has 0 radical (unpaired) electrons. The minimum Gasteiger partial charge on any atom is -0.464 e. The predicted molar refractivity (Wildman–Crippen MR) is 96.6 cm³/mol. The lowest BCUT2D eigenvalue weighted by Gasteiger charge is -2.47. The lowest BCUT2D eigenvalue weighted by molar-refractivity contribution is -0.336. The van der Waals surface area contributed by atoms with E-state index in [0.717, 1.165) is 0 Å². The third kappa shape index (κ3) is 3.87. The lowest BCUT2D eigenvalue weighted by Crippen LogP contribution is -2.67. The second-order valence-electron chi connectivity index (χ2n) is 6.59. The van der Waals surface area contributed by atoms with Gasteiger partial charge in [0.15, 0.2) is 5.76 Å². The average Bonchev–Trinajstić information content (AvgIpc) is 3.21. The van der Waals surface area contributed by atoms with Crippen molar-refractivity contribution in [1.29, 1.82) is 0 Å². The summed E-state index contributed by atoms with van der Waals surface area (Å²) in [5.74, 6) is 0.519. The summed E-state index contributed by atoms with van der Waals surface area (Å²) in [6.45, 7) is 1.50. The molecule has 150 valence electrons. The van der Waals surface area contributed by atoms with Crippen molar-refractivity contribution in [3.63, 3.8) is 0 Å². The highest BCUT2D eigenvalue weighted by atomic mass is 35.5. The molecule has 0 spiro atoms. The molecule has 6 atom stereocenters. The average molecular weight is 410 g/mol. The van der Waals surface area contributed by atoms with Crippen LogP contribution in [0.1, 0.15) is 19.0 Å². The number of hydrogen-bond donors (Lipinski definition) is 2. The first-order valence-electron chi connectivity index (χ1n) is 8.85. The van der Waals surface area contributed by atoms with Gasteiger partial charge in [-0.05, 0) is 24.3 Å². The summed E-state index contributed by atoms with van der Waals surface area (Å²) in [4.78, 5) is 11.7. The molecule has 2 aliphatic heterocycles. The van der Waals surface area contributed by atoms with Crippen molar-refractivity contribution in [2.75, 3.05) is 6.61 Å². The molecule has 2 saturated heterocycles. The number of ether oxygens (including phenoxy) is 4. The second kappa shape index (κ2) is 8.10. The van der Waals surface area contributed by atoms with Crippen LogP contribution in [-0.4, -0.2) is 48.3 Å². The smallest absolute Gasteiger partial charge is 0.223 e. The normalized spacial score (nSPS) is 32.4. The summed E-state index contributed by atoms with van der Waals surface area (Å²) in [5.41, 5.74) is 0. The molecule has 2 aromatic rings. The number of para-hydroxylation sites is 1. The quantitative estimate of drug-likeness (QED) is 0.796. The van der Waals surface area contributed by atoms with Gasteiger partial charge in [0.2, 0.25) is 18.5 Å². The fourth-order valence-corrected chi connectivity index (χ4v) is 3.50. The van der Waals surface area contributed by atoms with Crippen LogP contribution in [0.3, 0.4) is 0 Å². The van der Waals surface area contributed by atoms with E-state index >= 15 is 0 Å². The number of carbonyl (C=O) groups is 1. The fourth-order valence-electron chi connectivity index (χ4n) is 3.32. The molecule has 9 heteroatoms. The van der Waals surface area contributed by atoms with Gasteiger partial charge in [-0.25, -0.2) is 0 Å². The Morgan fingerprint density at radius 2 is 2.07 bits per heavy atom. The molecule has 8 nitrogen and oxygen atoms in total. The van der Waals surface area contributed by atoms with Crippen LogP contribution in [0.15, 0.2) is 47.1 Å². The topological polar surface area (TPSA) is 99.4 Å². The van der Waals surface area contributed by atoms with Gasteiger partial charge in [0.1, 0.15) is 30.1 Å². The molecule has 1 aromatic heterocycles. The third-order valence-corrected chi connectivity index (χ3v) is 4.90. The van der Waals surface area contributed by atoms with Gasteiger partial charge in [0, 0.05) is 6.92 Å². The molecule has 4 rings (SSSR count). The van der Waals surface area contributed by atoms with Crippen molar-refractivity contribution in [3.8, 4) is 5.75 Å². The van der Waals surface area contributed by atoms with Crippen molar-refractivity contribution in [2.45, 2.75) is 43.9 Å². The second-order valence-corrected chi connectivity index (χ2v) is 7.00. The van der Waals surface area contributed by atoms with Crippen LogP contribution in [0, 0.1) is 0 Å². The molecule has 1 amide bonds. The highest BCUT2D eigenvalue weighted by Gasteiger charge is 2.51. The number of nitrogens with one attached hydrogen (secondary N) is 1. The number of fused-ring (bicyclic) bond motifs is 1. The van der Waals surface area contributed by atoms with Crippen molar-refractivity contribution >= 4 is 17.5 Å². The minimum absolute atomic E-state index is 0.155. The maximum atomic E-state index is 11.7. The van der Waals surface area contributed by atoms with Crippen LogP contribution >= 0.6 is 11.6 Å². The van der Waals surface area contributed by atoms with E-state index < -0.39 is 36.9 Å². The van der Waals surface area contributed by atoms with E-state index in [2.05, 4.69) is 5.32 Å². The van der Waals surface area contributed by atoms with E-state index in [1.807, 2.05) is 0 Å². The van der Waals surface area contributed by atoms with Crippen LogP contribution in [0.25, 0.3) is 0 Å².